The SMILES string of the molecule is COc1ccc(N=Nc2ccc([N+](=O)[O-])cc2[N+](=O)[O-])c2ccccc12. The molecule has 0 radical (unpaired) electrons. The molecule has 26 heavy (non-hydrogen) atoms. The van der Waals surface area contributed by atoms with E-state index in [2.05, 4.69) is 10.2 Å². The second-order valence-electron chi connectivity index (χ2n) is 5.22. The number of hydrogen-bond donors (Lipinski definition) is 0. The quantitative estimate of drug-likeness (QED) is 0.360. The second kappa shape index (κ2) is 6.93. The molecule has 3 aromatic carbocycles. The Labute approximate surface area is 146 Å². The molecule has 9 nitrogen and oxygen atoms in total. The first kappa shape index (κ1) is 17.0. The van der Waals surface area contributed by atoms with Crippen molar-refractivity contribution in [3.05, 3.63) is 74.8 Å². The van der Waals surface area contributed by atoms with Crippen molar-refractivity contribution in [2.24, 2.45) is 10.2 Å². The molecule has 3 aromatic rings. The molecule has 0 aliphatic carbocycles. The van der Waals surface area contributed by atoms with Crippen molar-refractivity contribution < 1.29 is 14.6 Å². The van der Waals surface area contributed by atoms with Crippen LogP contribution in [0.5, 0.6) is 5.75 Å². The molecule has 0 heterocycles. The number of nitro groups is 2. The van der Waals surface area contributed by atoms with Crippen LogP contribution < -0.4 is 4.74 Å². The van der Waals surface area contributed by atoms with Gasteiger partial charge in [-0.3, -0.25) is 20.2 Å². The highest BCUT2D eigenvalue weighted by molar-refractivity contribution is 5.96. The van der Waals surface area contributed by atoms with Gasteiger partial charge in [0, 0.05) is 16.8 Å². The van der Waals surface area contributed by atoms with Crippen molar-refractivity contribution in [3.63, 3.8) is 0 Å². The summed E-state index contributed by atoms with van der Waals surface area (Å²) in [7, 11) is 1.56. The van der Waals surface area contributed by atoms with Crippen LogP contribution in [0, 0.1) is 20.2 Å². The number of benzene rings is 3. The van der Waals surface area contributed by atoms with Crippen molar-refractivity contribution in [1.82, 2.24) is 0 Å². The number of rotatable bonds is 5. The molecule has 0 aliphatic heterocycles. The lowest BCUT2D eigenvalue weighted by atomic mass is 10.1. The minimum absolute atomic E-state index is 0.0690. The predicted octanol–water partition coefficient (Wildman–Crippen LogP) is 5.08. The van der Waals surface area contributed by atoms with Crippen LogP contribution in [0.1, 0.15) is 0 Å². The molecule has 0 saturated heterocycles. The molecule has 0 aromatic heterocycles. The molecule has 0 saturated carbocycles. The minimum Gasteiger partial charge on any atom is -0.496 e. The highest BCUT2D eigenvalue weighted by atomic mass is 16.6. The lowest BCUT2D eigenvalue weighted by Crippen LogP contribution is -1.92. The normalized spacial score (nSPS) is 11.0. The van der Waals surface area contributed by atoms with E-state index >= 15 is 0 Å². The molecular weight excluding hydrogens is 340 g/mol. The first-order valence-electron chi connectivity index (χ1n) is 7.41. The number of ether oxygens (including phenoxy) is 1. The fourth-order valence-corrected chi connectivity index (χ4v) is 2.48. The van der Waals surface area contributed by atoms with Gasteiger partial charge in [-0.25, -0.2) is 0 Å². The maximum Gasteiger partial charge on any atom is 0.303 e. The zero-order chi connectivity index (χ0) is 18.7. The zero-order valence-electron chi connectivity index (χ0n) is 13.5. The summed E-state index contributed by atoms with van der Waals surface area (Å²) in [5.41, 5.74) is -0.444. The molecule has 0 N–H and O–H groups in total. The topological polar surface area (TPSA) is 120 Å². The number of nitrogens with zero attached hydrogens (tertiary/aromatic N) is 4. The van der Waals surface area contributed by atoms with Crippen molar-refractivity contribution in [2.75, 3.05) is 7.11 Å². The van der Waals surface area contributed by atoms with E-state index in [1.54, 1.807) is 19.2 Å². The van der Waals surface area contributed by atoms with Crippen LogP contribution in [0.15, 0.2) is 64.8 Å². The number of hydrogen-bond acceptors (Lipinski definition) is 7. The summed E-state index contributed by atoms with van der Waals surface area (Å²) in [6, 6.07) is 14.0. The van der Waals surface area contributed by atoms with E-state index in [0.29, 0.717) is 11.4 Å². The Bertz CT molecular complexity index is 1050. The number of fused-ring (bicyclic) bond motifs is 1. The lowest BCUT2D eigenvalue weighted by molar-refractivity contribution is -0.393. The first-order chi connectivity index (χ1) is 12.5. The summed E-state index contributed by atoms with van der Waals surface area (Å²) < 4.78 is 5.31. The molecule has 0 spiro atoms. The van der Waals surface area contributed by atoms with E-state index in [-0.39, 0.29) is 11.4 Å². The van der Waals surface area contributed by atoms with Gasteiger partial charge in [-0.15, -0.1) is 10.2 Å². The first-order valence-corrected chi connectivity index (χ1v) is 7.41. The van der Waals surface area contributed by atoms with Crippen LogP contribution in [-0.4, -0.2) is 17.0 Å². The summed E-state index contributed by atoms with van der Waals surface area (Å²) in [5, 5.41) is 31.6. The monoisotopic (exact) mass is 352 g/mol. The van der Waals surface area contributed by atoms with Crippen LogP contribution in [0.3, 0.4) is 0 Å². The Morgan fingerprint density at radius 3 is 2.15 bits per heavy atom. The van der Waals surface area contributed by atoms with Crippen LogP contribution in [0.25, 0.3) is 10.8 Å². The Kier molecular flexibility index (Phi) is 4.52. The summed E-state index contributed by atoms with van der Waals surface area (Å²) in [4.78, 5) is 20.5. The Morgan fingerprint density at radius 2 is 1.50 bits per heavy atom. The van der Waals surface area contributed by atoms with E-state index in [1.165, 1.54) is 6.07 Å². The molecule has 0 bridgehead atoms. The van der Waals surface area contributed by atoms with Gasteiger partial charge >= 0.3 is 5.69 Å². The minimum atomic E-state index is -0.729. The van der Waals surface area contributed by atoms with Crippen molar-refractivity contribution in [1.29, 1.82) is 0 Å². The molecule has 0 amide bonds. The second-order valence-corrected chi connectivity index (χ2v) is 5.22. The van der Waals surface area contributed by atoms with Gasteiger partial charge in [-0.05, 0) is 18.2 Å². The van der Waals surface area contributed by atoms with E-state index in [9.17, 15) is 20.2 Å². The molecule has 9 heteroatoms. The molecule has 0 aliphatic rings. The van der Waals surface area contributed by atoms with Crippen LogP contribution >= 0.6 is 0 Å². The van der Waals surface area contributed by atoms with E-state index in [1.807, 2.05) is 24.3 Å². The average molecular weight is 352 g/mol. The highest BCUT2D eigenvalue weighted by Gasteiger charge is 2.19. The molecule has 0 fully saturated rings. The van der Waals surface area contributed by atoms with Crippen molar-refractivity contribution in [2.45, 2.75) is 0 Å². The van der Waals surface area contributed by atoms with Crippen molar-refractivity contribution >= 4 is 33.5 Å². The summed E-state index contributed by atoms with van der Waals surface area (Å²) in [6.45, 7) is 0. The van der Waals surface area contributed by atoms with Gasteiger partial charge in [0.25, 0.3) is 5.69 Å². The van der Waals surface area contributed by atoms with Gasteiger partial charge in [0.05, 0.1) is 28.7 Å². The summed E-state index contributed by atoms with van der Waals surface area (Å²) in [6.07, 6.45) is 0. The molecule has 130 valence electrons. The average Bonchev–Trinajstić information content (AvgIpc) is 2.65. The lowest BCUT2D eigenvalue weighted by Gasteiger charge is -2.06. The van der Waals surface area contributed by atoms with E-state index < -0.39 is 15.5 Å². The van der Waals surface area contributed by atoms with Crippen molar-refractivity contribution in [3.8, 4) is 5.75 Å². The highest BCUT2D eigenvalue weighted by Crippen LogP contribution is 2.36. The van der Waals surface area contributed by atoms with Gasteiger partial charge in [0.2, 0.25) is 0 Å². The Balaban J connectivity index is 2.07. The molecule has 0 unspecified atom stereocenters. The fraction of sp³-hybridized carbons (Fsp3) is 0.0588. The number of azo groups is 1. The maximum atomic E-state index is 11.2. The van der Waals surface area contributed by atoms with Gasteiger partial charge in [0.1, 0.15) is 5.75 Å². The largest absolute Gasteiger partial charge is 0.496 e. The molecular formula is C17H12N4O5. The molecule has 3 rings (SSSR count). The third kappa shape index (κ3) is 3.18. The Hall–Kier alpha value is -3.88. The van der Waals surface area contributed by atoms with Crippen LogP contribution in [-0.2, 0) is 0 Å². The van der Waals surface area contributed by atoms with Gasteiger partial charge in [-0.1, -0.05) is 24.3 Å². The smallest absolute Gasteiger partial charge is 0.303 e. The number of non-ortho nitro benzene ring substituents is 1. The van der Waals surface area contributed by atoms with Gasteiger partial charge in [-0.2, -0.15) is 0 Å². The van der Waals surface area contributed by atoms with Gasteiger partial charge < -0.3 is 4.74 Å². The number of methoxy groups -OCH3 is 1. The standard InChI is InChI=1S/C17H12N4O5/c1-26-17-9-8-14(12-4-2-3-5-13(12)17)18-19-15-7-6-11(20(22)23)10-16(15)21(24)25/h2-10H,1H3. The third-order valence-corrected chi connectivity index (χ3v) is 3.71. The molecule has 0 atom stereocenters. The number of nitro benzene ring substituents is 2. The fourth-order valence-electron chi connectivity index (χ4n) is 2.48. The zero-order valence-corrected chi connectivity index (χ0v) is 13.5. The Morgan fingerprint density at radius 1 is 0.846 bits per heavy atom. The van der Waals surface area contributed by atoms with E-state index in [4.69, 9.17) is 4.74 Å². The maximum absolute atomic E-state index is 11.2. The summed E-state index contributed by atoms with van der Waals surface area (Å²) >= 11 is 0. The predicted molar refractivity (Wildman–Crippen MR) is 94.4 cm³/mol. The van der Waals surface area contributed by atoms with Gasteiger partial charge in [0.15, 0.2) is 5.69 Å². The van der Waals surface area contributed by atoms with Crippen LogP contribution in [0.4, 0.5) is 22.7 Å². The van der Waals surface area contributed by atoms with Crippen LogP contribution in [0.2, 0.25) is 0 Å². The van der Waals surface area contributed by atoms with E-state index in [0.717, 1.165) is 22.9 Å². The third-order valence-electron chi connectivity index (χ3n) is 3.71. The summed E-state index contributed by atoms with van der Waals surface area (Å²) in [5.74, 6) is 0.667.